The van der Waals surface area contributed by atoms with Crippen molar-refractivity contribution >= 4 is 54.9 Å². The van der Waals surface area contributed by atoms with Crippen LogP contribution in [0, 0.1) is 0 Å². The average Bonchev–Trinajstić information content (AvgIpc) is 3.36. The number of thioether (sulfide) groups is 1. The van der Waals surface area contributed by atoms with Gasteiger partial charge in [-0.2, -0.15) is 0 Å². The molecule has 0 atom stereocenters. The lowest BCUT2D eigenvalue weighted by molar-refractivity contribution is 0.521. The molecule has 11 heteroatoms. The van der Waals surface area contributed by atoms with Crippen molar-refractivity contribution < 1.29 is 8.42 Å². The smallest absolute Gasteiger partial charge is 0.242 e. The molecule has 9 nitrogen and oxygen atoms in total. The van der Waals surface area contributed by atoms with Gasteiger partial charge in [0.1, 0.15) is 11.3 Å². The molecule has 0 aliphatic rings. The summed E-state index contributed by atoms with van der Waals surface area (Å²) in [7, 11) is -0.479. The van der Waals surface area contributed by atoms with Gasteiger partial charge in [0.25, 0.3) is 0 Å². The van der Waals surface area contributed by atoms with Gasteiger partial charge in [0, 0.05) is 32.6 Å². The number of nitrogens with zero attached hydrogens (tertiary/aromatic N) is 7. The molecule has 0 spiro atoms. The molecule has 2 aromatic carbocycles. The third kappa shape index (κ3) is 3.64. The second-order valence-corrected chi connectivity index (χ2v) is 11.1. The van der Waals surface area contributed by atoms with Crippen molar-refractivity contribution in [3.63, 3.8) is 0 Å². The van der Waals surface area contributed by atoms with Gasteiger partial charge in [-0.25, -0.2) is 22.7 Å². The minimum Gasteiger partial charge on any atom is -0.328 e. The zero-order valence-electron chi connectivity index (χ0n) is 19.4. The largest absolute Gasteiger partial charge is 0.328 e. The van der Waals surface area contributed by atoms with Crippen LogP contribution in [0.5, 0.6) is 0 Å². The molecule has 5 rings (SSSR count). The summed E-state index contributed by atoms with van der Waals surface area (Å²) in [5.41, 5.74) is 4.28. The molecule has 3 aromatic heterocycles. The maximum absolute atomic E-state index is 12.5. The Balaban J connectivity index is 1.49. The van der Waals surface area contributed by atoms with E-state index in [0.717, 1.165) is 40.0 Å². The number of hydrogen-bond donors (Lipinski definition) is 0. The Morgan fingerprint density at radius 1 is 0.941 bits per heavy atom. The lowest BCUT2D eigenvalue weighted by Crippen LogP contribution is -2.22. The monoisotopic (exact) mass is 495 g/mol. The number of rotatable bonds is 7. The molecule has 0 saturated carbocycles. The van der Waals surface area contributed by atoms with E-state index in [9.17, 15) is 8.42 Å². The van der Waals surface area contributed by atoms with Gasteiger partial charge in [-0.15, -0.1) is 10.2 Å². The van der Waals surface area contributed by atoms with Crippen molar-refractivity contribution in [1.29, 1.82) is 0 Å². The van der Waals surface area contributed by atoms with Crippen molar-refractivity contribution in [2.75, 3.05) is 14.1 Å². The predicted octanol–water partition coefficient (Wildman–Crippen LogP) is 3.91. The van der Waals surface area contributed by atoms with Crippen molar-refractivity contribution in [1.82, 2.24) is 33.6 Å². The topological polar surface area (TPSA) is 98.8 Å². The van der Waals surface area contributed by atoms with Gasteiger partial charge in [-0.3, -0.25) is 0 Å². The molecule has 3 heterocycles. The zero-order chi connectivity index (χ0) is 24.0. The molecule has 0 radical (unpaired) electrons. The molecule has 0 bridgehead atoms. The van der Waals surface area contributed by atoms with E-state index in [-0.39, 0.29) is 4.90 Å². The SMILES string of the molecule is CCn1c(CSc2nnc3c4ccccc4n(CC)c3n2)nc2cc(S(=O)(=O)N(C)C)ccc21. The fourth-order valence-electron chi connectivity index (χ4n) is 4.19. The van der Waals surface area contributed by atoms with Gasteiger partial charge in [0.15, 0.2) is 5.65 Å². The van der Waals surface area contributed by atoms with Crippen molar-refractivity contribution in [3.8, 4) is 0 Å². The summed E-state index contributed by atoms with van der Waals surface area (Å²) in [6, 6.07) is 13.2. The van der Waals surface area contributed by atoms with Crippen molar-refractivity contribution in [2.24, 2.45) is 0 Å². The zero-order valence-corrected chi connectivity index (χ0v) is 21.1. The Labute approximate surface area is 201 Å². The van der Waals surface area contributed by atoms with E-state index in [4.69, 9.17) is 9.97 Å². The van der Waals surface area contributed by atoms with Crippen molar-refractivity contribution in [2.45, 2.75) is 42.7 Å². The first-order chi connectivity index (χ1) is 16.3. The third-order valence-electron chi connectivity index (χ3n) is 5.89. The van der Waals surface area contributed by atoms with E-state index in [1.165, 1.54) is 30.2 Å². The quantitative estimate of drug-likeness (QED) is 0.316. The Morgan fingerprint density at radius 3 is 2.44 bits per heavy atom. The van der Waals surface area contributed by atoms with Gasteiger partial charge < -0.3 is 9.13 Å². The molecule has 0 unspecified atom stereocenters. The molecule has 0 aliphatic carbocycles. The van der Waals surface area contributed by atoms with Gasteiger partial charge in [0.2, 0.25) is 15.2 Å². The van der Waals surface area contributed by atoms with Crippen LogP contribution in [0.15, 0.2) is 52.5 Å². The number of hydrogen-bond acceptors (Lipinski definition) is 7. The highest BCUT2D eigenvalue weighted by Crippen LogP contribution is 2.29. The van der Waals surface area contributed by atoms with Crippen LogP contribution in [0.1, 0.15) is 19.7 Å². The summed E-state index contributed by atoms with van der Waals surface area (Å²) >= 11 is 1.47. The molecule has 0 aliphatic heterocycles. The molecule has 0 N–H and O–H groups in total. The molecule has 0 saturated heterocycles. The van der Waals surface area contributed by atoms with E-state index in [1.807, 2.05) is 31.2 Å². The van der Waals surface area contributed by atoms with Crippen LogP contribution in [-0.4, -0.2) is 56.1 Å². The predicted molar refractivity (Wildman–Crippen MR) is 134 cm³/mol. The van der Waals surface area contributed by atoms with Gasteiger partial charge in [-0.05, 0) is 38.1 Å². The first-order valence-electron chi connectivity index (χ1n) is 11.0. The van der Waals surface area contributed by atoms with Crippen LogP contribution >= 0.6 is 11.8 Å². The lowest BCUT2D eigenvalue weighted by Gasteiger charge is -2.11. The number of para-hydroxylation sites is 1. The normalized spacial score (nSPS) is 12.5. The number of fused-ring (bicyclic) bond motifs is 4. The van der Waals surface area contributed by atoms with E-state index in [0.29, 0.717) is 23.0 Å². The summed E-state index contributed by atoms with van der Waals surface area (Å²) < 4.78 is 30.5. The highest BCUT2D eigenvalue weighted by atomic mass is 32.2. The molecule has 0 amide bonds. The minimum atomic E-state index is -3.52. The number of sulfonamides is 1. The molecule has 34 heavy (non-hydrogen) atoms. The fraction of sp³-hybridized carbons (Fsp3) is 0.304. The first-order valence-corrected chi connectivity index (χ1v) is 13.4. The number of aromatic nitrogens is 6. The summed E-state index contributed by atoms with van der Waals surface area (Å²) in [6.07, 6.45) is 0. The molecular formula is C23H25N7O2S2. The number of imidazole rings is 1. The Kier molecular flexibility index (Phi) is 5.78. The van der Waals surface area contributed by atoms with Gasteiger partial charge in [0.05, 0.1) is 27.2 Å². The minimum absolute atomic E-state index is 0.232. The van der Waals surface area contributed by atoms with Crippen LogP contribution in [0.3, 0.4) is 0 Å². The van der Waals surface area contributed by atoms with Crippen LogP contribution in [0.2, 0.25) is 0 Å². The third-order valence-corrected chi connectivity index (χ3v) is 8.54. The fourth-order valence-corrected chi connectivity index (χ4v) is 5.84. The molecule has 5 aromatic rings. The second kappa shape index (κ2) is 8.64. The summed E-state index contributed by atoms with van der Waals surface area (Å²) in [4.78, 5) is 9.78. The Hall–Kier alpha value is -3.02. The Morgan fingerprint density at radius 2 is 1.71 bits per heavy atom. The van der Waals surface area contributed by atoms with E-state index >= 15 is 0 Å². The van der Waals surface area contributed by atoms with Gasteiger partial charge in [-0.1, -0.05) is 30.0 Å². The maximum Gasteiger partial charge on any atom is 0.242 e. The molecule has 176 valence electrons. The summed E-state index contributed by atoms with van der Waals surface area (Å²) in [5, 5.41) is 10.5. The highest BCUT2D eigenvalue weighted by Gasteiger charge is 2.20. The van der Waals surface area contributed by atoms with Crippen LogP contribution < -0.4 is 0 Å². The number of aryl methyl sites for hydroxylation is 2. The standard InChI is InChI=1S/C23H25N7O2S2/c1-5-29-19-12-11-15(34(31,32)28(3)4)13-17(19)24-20(29)14-33-23-25-22-21(26-27-23)16-9-7-8-10-18(16)30(22)6-2/h7-13H,5-6,14H2,1-4H3. The Bertz CT molecular complexity index is 1640. The van der Waals surface area contributed by atoms with Crippen molar-refractivity contribution in [3.05, 3.63) is 48.3 Å². The van der Waals surface area contributed by atoms with E-state index < -0.39 is 10.0 Å². The average molecular weight is 496 g/mol. The molecular weight excluding hydrogens is 470 g/mol. The molecule has 0 fully saturated rings. The van der Waals surface area contributed by atoms with E-state index in [2.05, 4.69) is 32.3 Å². The first kappa shape index (κ1) is 22.8. The second-order valence-electron chi connectivity index (χ2n) is 8.03. The lowest BCUT2D eigenvalue weighted by atomic mass is 10.2. The van der Waals surface area contributed by atoms with Crippen LogP contribution in [0.4, 0.5) is 0 Å². The van der Waals surface area contributed by atoms with Crippen LogP contribution in [-0.2, 0) is 28.9 Å². The summed E-state index contributed by atoms with van der Waals surface area (Å²) in [5.74, 6) is 1.37. The van der Waals surface area contributed by atoms with Gasteiger partial charge >= 0.3 is 0 Å². The van der Waals surface area contributed by atoms with Crippen LogP contribution in [0.25, 0.3) is 33.1 Å². The number of benzene rings is 2. The van der Waals surface area contributed by atoms with E-state index in [1.54, 1.807) is 12.1 Å². The maximum atomic E-state index is 12.5. The summed E-state index contributed by atoms with van der Waals surface area (Å²) in [6.45, 7) is 5.64. The highest BCUT2D eigenvalue weighted by molar-refractivity contribution is 7.98.